The summed E-state index contributed by atoms with van der Waals surface area (Å²) in [5.41, 5.74) is 11.2. The van der Waals surface area contributed by atoms with E-state index in [0.29, 0.717) is 17.4 Å². The Bertz CT molecular complexity index is 810. The molecule has 0 aliphatic carbocycles. The second-order valence-corrected chi connectivity index (χ2v) is 8.44. The minimum atomic E-state index is -1.57. The zero-order valence-corrected chi connectivity index (χ0v) is 15.0. The number of hydrogen-bond donors (Lipinski definition) is 4. The average molecular weight is 376 g/mol. The van der Waals surface area contributed by atoms with Gasteiger partial charge in [0.05, 0.1) is 17.0 Å². The summed E-state index contributed by atoms with van der Waals surface area (Å²) in [4.78, 5) is 23.8. The number of aliphatic imine (C=N–C) groups is 1. The Hall–Kier alpha value is -1.63. The van der Waals surface area contributed by atoms with Gasteiger partial charge in [0.2, 0.25) is 10.6 Å². The first-order valence-electron chi connectivity index (χ1n) is 6.51. The van der Waals surface area contributed by atoms with E-state index in [-0.39, 0.29) is 16.2 Å². The fourth-order valence-corrected chi connectivity index (χ4v) is 4.17. The lowest BCUT2D eigenvalue weighted by Crippen LogP contribution is -2.24. The number of rotatable bonds is 6. The van der Waals surface area contributed by atoms with Crippen molar-refractivity contribution in [1.82, 2.24) is 13.7 Å². The van der Waals surface area contributed by atoms with Gasteiger partial charge in [-0.05, 0) is 13.8 Å². The highest BCUT2D eigenvalue weighted by molar-refractivity contribution is 8.00. The van der Waals surface area contributed by atoms with Crippen LogP contribution in [0.4, 0.5) is 5.13 Å². The van der Waals surface area contributed by atoms with E-state index < -0.39 is 16.7 Å². The van der Waals surface area contributed by atoms with Gasteiger partial charge in [-0.3, -0.25) is 9.79 Å². The molecule has 0 saturated heterocycles. The monoisotopic (exact) mass is 375 g/mol. The van der Waals surface area contributed by atoms with Crippen LogP contribution in [0, 0.1) is 0 Å². The smallest absolute Gasteiger partial charge is 0.337 e. The molecular formula is C11H17N7O2S3. The van der Waals surface area contributed by atoms with Gasteiger partial charge in [0, 0.05) is 11.1 Å². The van der Waals surface area contributed by atoms with Crippen LogP contribution in [0.1, 0.15) is 19.5 Å². The van der Waals surface area contributed by atoms with E-state index in [1.54, 1.807) is 11.8 Å². The number of aromatic nitrogens is 3. The van der Waals surface area contributed by atoms with E-state index in [1.807, 2.05) is 19.2 Å². The molecule has 0 radical (unpaired) electrons. The molecule has 1 atom stereocenters. The normalized spacial score (nSPS) is 13.3. The van der Waals surface area contributed by atoms with Gasteiger partial charge >= 0.3 is 5.56 Å². The average Bonchev–Trinajstić information content (AvgIpc) is 3.01. The van der Waals surface area contributed by atoms with Crippen molar-refractivity contribution in [2.45, 2.75) is 18.6 Å². The van der Waals surface area contributed by atoms with Gasteiger partial charge in [-0.1, -0.05) is 0 Å². The van der Waals surface area contributed by atoms with Crippen LogP contribution < -0.4 is 22.5 Å². The van der Waals surface area contributed by atoms with Crippen LogP contribution in [-0.2, 0) is 4.75 Å². The van der Waals surface area contributed by atoms with E-state index in [1.165, 1.54) is 11.3 Å². The number of aromatic amines is 2. The molecule has 2 aromatic heterocycles. The largest absolute Gasteiger partial charge is 0.549 e. The number of nitrogens with two attached hydrogens (primary N) is 2. The van der Waals surface area contributed by atoms with Crippen LogP contribution in [0.25, 0.3) is 0 Å². The maximum Gasteiger partial charge on any atom is 0.337 e. The van der Waals surface area contributed by atoms with Crippen molar-refractivity contribution in [3.05, 3.63) is 26.9 Å². The molecule has 2 aromatic rings. The number of guanidine groups is 1. The van der Waals surface area contributed by atoms with Crippen molar-refractivity contribution in [3.63, 3.8) is 0 Å². The highest BCUT2D eigenvalue weighted by Crippen LogP contribution is 2.37. The first-order chi connectivity index (χ1) is 10.8. The van der Waals surface area contributed by atoms with E-state index >= 15 is 0 Å². The second-order valence-electron chi connectivity index (χ2n) is 4.94. The molecule has 12 heteroatoms. The molecule has 0 aliphatic rings. The van der Waals surface area contributed by atoms with E-state index in [4.69, 9.17) is 11.5 Å². The maximum absolute atomic E-state index is 11.3. The van der Waals surface area contributed by atoms with Crippen LogP contribution in [0.3, 0.4) is 0 Å². The van der Waals surface area contributed by atoms with E-state index in [9.17, 15) is 9.35 Å². The summed E-state index contributed by atoms with van der Waals surface area (Å²) in [6.07, 6.45) is 0. The van der Waals surface area contributed by atoms with Crippen LogP contribution in [-0.4, -0.2) is 36.5 Å². The lowest BCUT2D eigenvalue weighted by atomic mass is 10.1. The molecule has 0 spiro atoms. The van der Waals surface area contributed by atoms with Crippen molar-refractivity contribution < 1.29 is 4.55 Å². The Kier molecular flexibility index (Phi) is 5.62. The van der Waals surface area contributed by atoms with Gasteiger partial charge in [-0.2, -0.15) is 4.99 Å². The Morgan fingerprint density at radius 3 is 2.87 bits per heavy atom. The van der Waals surface area contributed by atoms with Gasteiger partial charge in [-0.15, -0.1) is 31.8 Å². The number of hydrogen-bond acceptors (Lipinski definition) is 7. The van der Waals surface area contributed by atoms with Crippen molar-refractivity contribution in [2.75, 3.05) is 12.3 Å². The summed E-state index contributed by atoms with van der Waals surface area (Å²) in [6, 6.07) is 0. The first-order valence-corrected chi connectivity index (χ1v) is 9.53. The van der Waals surface area contributed by atoms with Crippen molar-refractivity contribution >= 4 is 45.3 Å². The number of thioether (sulfide) groups is 1. The summed E-state index contributed by atoms with van der Waals surface area (Å²) in [6.45, 7) is 4.50. The highest BCUT2D eigenvalue weighted by atomic mass is 32.2. The highest BCUT2D eigenvalue weighted by Gasteiger charge is 2.24. The molecule has 0 amide bonds. The van der Waals surface area contributed by atoms with Crippen LogP contribution >= 0.6 is 34.2 Å². The minimum Gasteiger partial charge on any atom is -0.549 e. The number of nitrogens with one attached hydrogen (secondary N) is 2. The van der Waals surface area contributed by atoms with Crippen LogP contribution in [0.15, 0.2) is 20.2 Å². The fraction of sp³-hybridized carbons (Fsp3) is 0.455. The minimum absolute atomic E-state index is 0.0214. The van der Waals surface area contributed by atoms with Crippen LogP contribution in [0.5, 0.6) is 0 Å². The standard InChI is InChI=1S/C11H17N7O2S3/c1-11(2,6-5-21-10(15-6)16-9(12)13)22-4-3-14-7-8(19)18-23(20)17-7/h5H,3-4H2,1-2H3,(H,14,17)(H,18,19)(H4,12,13,15,16). The van der Waals surface area contributed by atoms with E-state index in [0.717, 1.165) is 5.69 Å². The van der Waals surface area contributed by atoms with Crippen molar-refractivity contribution in [3.8, 4) is 0 Å². The van der Waals surface area contributed by atoms with Gasteiger partial charge in [-0.25, -0.2) is 4.98 Å². The summed E-state index contributed by atoms with van der Waals surface area (Å²) in [5.74, 6) is 0.652. The Labute approximate surface area is 143 Å². The zero-order valence-electron chi connectivity index (χ0n) is 12.5. The van der Waals surface area contributed by atoms with Crippen molar-refractivity contribution in [2.24, 2.45) is 21.5 Å². The summed E-state index contributed by atoms with van der Waals surface area (Å²) >= 11 is 1.44. The lowest BCUT2D eigenvalue weighted by molar-refractivity contribution is 0.584. The van der Waals surface area contributed by atoms with Gasteiger partial charge in [0.25, 0.3) is 0 Å². The molecule has 23 heavy (non-hydrogen) atoms. The number of thiazole rings is 1. The molecule has 126 valence electrons. The van der Waals surface area contributed by atoms with Gasteiger partial charge in [0.1, 0.15) is 11.1 Å². The molecule has 9 nitrogen and oxygen atoms in total. The summed E-state index contributed by atoms with van der Waals surface area (Å²) in [5, 5.41) is 2.43. The van der Waals surface area contributed by atoms with Gasteiger partial charge < -0.3 is 16.0 Å². The predicted molar refractivity (Wildman–Crippen MR) is 93.6 cm³/mol. The van der Waals surface area contributed by atoms with E-state index in [2.05, 4.69) is 23.7 Å². The van der Waals surface area contributed by atoms with Gasteiger partial charge in [0.15, 0.2) is 5.96 Å². The molecule has 6 N–H and O–H groups in total. The molecule has 0 saturated carbocycles. The lowest BCUT2D eigenvalue weighted by Gasteiger charge is -2.21. The molecule has 0 fully saturated rings. The topological polar surface area (TPSA) is 161 Å². The van der Waals surface area contributed by atoms with Crippen molar-refractivity contribution in [1.29, 1.82) is 0 Å². The maximum atomic E-state index is 11.3. The SMILES string of the molecule is CC(C)(SCCN=c1[nH][s+]([O-])[nH]c1=O)c1csc(N=C(N)N)n1. The molecular weight excluding hydrogens is 358 g/mol. The molecule has 1 unspecified atom stereocenters. The Morgan fingerprint density at radius 2 is 2.26 bits per heavy atom. The Balaban J connectivity index is 1.97. The fourth-order valence-electron chi connectivity index (χ4n) is 1.63. The first kappa shape index (κ1) is 17.7. The number of H-pyrrole nitrogens is 2. The quantitative estimate of drug-likeness (QED) is 0.247. The van der Waals surface area contributed by atoms with Crippen LogP contribution in [0.2, 0.25) is 0 Å². The molecule has 0 bridgehead atoms. The third kappa shape index (κ3) is 4.92. The predicted octanol–water partition coefficient (Wildman–Crippen LogP) is 0.361. The third-order valence-corrected chi connectivity index (χ3v) is 5.55. The summed E-state index contributed by atoms with van der Waals surface area (Å²) < 4.78 is 15.5. The molecule has 0 aliphatic heterocycles. The Morgan fingerprint density at radius 1 is 1.52 bits per heavy atom. The third-order valence-electron chi connectivity index (χ3n) is 2.75. The zero-order chi connectivity index (χ0) is 17.0. The molecule has 2 rings (SSSR count). The molecule has 2 heterocycles. The molecule has 0 aromatic carbocycles. The number of nitrogens with zero attached hydrogens (tertiary/aromatic N) is 3. The second kappa shape index (κ2) is 7.29. The summed E-state index contributed by atoms with van der Waals surface area (Å²) in [7, 11) is 0.